The molecule has 4 aliphatic rings. The second-order valence-corrected chi connectivity index (χ2v) is 7.25. The number of piperazine rings is 1. The third-order valence-corrected chi connectivity index (χ3v) is 5.64. The molecule has 116 valence electrons. The monoisotopic (exact) mass is 292 g/mol. The number of carbonyl (C=O) groups excluding carboxylic acids is 2. The molecule has 2 heterocycles. The van der Waals surface area contributed by atoms with E-state index < -0.39 is 5.54 Å². The fraction of sp³-hybridized carbons (Fsp3) is 0.875. The summed E-state index contributed by atoms with van der Waals surface area (Å²) in [6.07, 6.45) is 6.88. The highest BCUT2D eigenvalue weighted by atomic mass is 16.5. The van der Waals surface area contributed by atoms with Crippen LogP contribution in [0.1, 0.15) is 44.9 Å². The van der Waals surface area contributed by atoms with E-state index in [1.54, 1.807) is 0 Å². The molecular weight excluding hydrogens is 268 g/mol. The normalized spacial score (nSPS) is 35.5. The van der Waals surface area contributed by atoms with Crippen molar-refractivity contribution in [2.75, 3.05) is 19.8 Å². The van der Waals surface area contributed by atoms with E-state index in [1.165, 1.54) is 0 Å². The van der Waals surface area contributed by atoms with Gasteiger partial charge in [0.2, 0.25) is 11.8 Å². The van der Waals surface area contributed by atoms with Gasteiger partial charge in [-0.25, -0.2) is 0 Å². The van der Waals surface area contributed by atoms with E-state index in [2.05, 4.69) is 5.32 Å². The van der Waals surface area contributed by atoms with Gasteiger partial charge in [0.25, 0.3) is 0 Å². The second kappa shape index (κ2) is 4.97. The van der Waals surface area contributed by atoms with E-state index >= 15 is 0 Å². The number of ether oxygens (including phenoxy) is 1. The molecule has 0 aromatic heterocycles. The van der Waals surface area contributed by atoms with Gasteiger partial charge in [0, 0.05) is 19.1 Å². The van der Waals surface area contributed by atoms with E-state index in [9.17, 15) is 9.59 Å². The fourth-order valence-electron chi connectivity index (χ4n) is 4.31. The predicted molar refractivity (Wildman–Crippen MR) is 76.5 cm³/mol. The smallest absolute Gasteiger partial charge is 0.249 e. The summed E-state index contributed by atoms with van der Waals surface area (Å²) in [5.74, 6) is 1.07. The summed E-state index contributed by atoms with van der Waals surface area (Å²) >= 11 is 0. The molecule has 2 unspecified atom stereocenters. The Kier molecular flexibility index (Phi) is 3.21. The van der Waals surface area contributed by atoms with Gasteiger partial charge < -0.3 is 15.0 Å². The number of nitrogens with one attached hydrogen (secondary N) is 1. The minimum absolute atomic E-state index is 0.0953. The first-order valence-corrected chi connectivity index (χ1v) is 8.40. The Hall–Kier alpha value is -1.10. The van der Waals surface area contributed by atoms with Crippen molar-refractivity contribution in [2.45, 2.75) is 56.5 Å². The Labute approximate surface area is 125 Å². The van der Waals surface area contributed by atoms with Crippen LogP contribution in [0, 0.1) is 11.8 Å². The zero-order valence-corrected chi connectivity index (χ0v) is 12.5. The number of amides is 2. The Morgan fingerprint density at radius 2 is 1.95 bits per heavy atom. The van der Waals surface area contributed by atoms with Crippen LogP contribution in [0.2, 0.25) is 0 Å². The number of hydrogen-bond acceptors (Lipinski definition) is 3. The van der Waals surface area contributed by atoms with Crippen LogP contribution in [0.5, 0.6) is 0 Å². The van der Waals surface area contributed by atoms with Gasteiger partial charge >= 0.3 is 0 Å². The van der Waals surface area contributed by atoms with Crippen molar-refractivity contribution < 1.29 is 14.3 Å². The average molecular weight is 292 g/mol. The predicted octanol–water partition coefficient (Wildman–Crippen LogP) is 1.07. The van der Waals surface area contributed by atoms with Crippen LogP contribution in [-0.4, -0.2) is 48.1 Å². The Morgan fingerprint density at radius 1 is 1.19 bits per heavy atom. The van der Waals surface area contributed by atoms with Crippen molar-refractivity contribution in [3.05, 3.63) is 0 Å². The molecule has 0 aromatic carbocycles. The molecule has 0 radical (unpaired) electrons. The van der Waals surface area contributed by atoms with Crippen molar-refractivity contribution in [1.29, 1.82) is 0 Å². The van der Waals surface area contributed by atoms with Crippen molar-refractivity contribution >= 4 is 11.8 Å². The van der Waals surface area contributed by atoms with Crippen LogP contribution >= 0.6 is 0 Å². The summed E-state index contributed by atoms with van der Waals surface area (Å²) in [6, 6.07) is -0.218. The molecule has 1 N–H and O–H groups in total. The molecule has 4 fully saturated rings. The van der Waals surface area contributed by atoms with Crippen LogP contribution in [0.15, 0.2) is 0 Å². The third kappa shape index (κ3) is 2.26. The van der Waals surface area contributed by atoms with E-state index in [0.717, 1.165) is 58.2 Å². The zero-order valence-electron chi connectivity index (χ0n) is 12.5. The molecule has 2 aliphatic heterocycles. The summed E-state index contributed by atoms with van der Waals surface area (Å²) in [5.41, 5.74) is -0.581. The molecule has 2 aliphatic carbocycles. The molecule has 4 rings (SSSR count). The number of rotatable bonds is 3. The van der Waals surface area contributed by atoms with Gasteiger partial charge in [0.15, 0.2) is 0 Å². The SMILES string of the molecule is O=C1NC2(CCCC2)C(=O)N(CC2CCOC2)C1C1CC1. The highest BCUT2D eigenvalue weighted by Gasteiger charge is 2.55. The standard InChI is InChI=1S/C16H24N2O3/c19-14-13(12-3-4-12)18(9-11-5-8-21-10-11)15(20)16(17-14)6-1-2-7-16/h11-13H,1-10H2,(H,17,19). The van der Waals surface area contributed by atoms with Crippen LogP contribution in [0.25, 0.3) is 0 Å². The van der Waals surface area contributed by atoms with Gasteiger partial charge in [-0.05, 0) is 38.0 Å². The summed E-state index contributed by atoms with van der Waals surface area (Å²) in [6.45, 7) is 2.23. The van der Waals surface area contributed by atoms with Crippen molar-refractivity contribution in [3.63, 3.8) is 0 Å². The summed E-state index contributed by atoms with van der Waals surface area (Å²) in [4.78, 5) is 27.7. The minimum Gasteiger partial charge on any atom is -0.381 e. The molecule has 2 saturated carbocycles. The van der Waals surface area contributed by atoms with Crippen molar-refractivity contribution in [3.8, 4) is 0 Å². The summed E-state index contributed by atoms with van der Waals surface area (Å²) < 4.78 is 5.45. The summed E-state index contributed by atoms with van der Waals surface area (Å²) in [7, 11) is 0. The molecule has 5 nitrogen and oxygen atoms in total. The van der Waals surface area contributed by atoms with Gasteiger partial charge in [0.05, 0.1) is 6.61 Å². The van der Waals surface area contributed by atoms with Gasteiger partial charge in [-0.15, -0.1) is 0 Å². The van der Waals surface area contributed by atoms with E-state index in [-0.39, 0.29) is 17.9 Å². The Bertz CT molecular complexity index is 448. The topological polar surface area (TPSA) is 58.6 Å². The Balaban J connectivity index is 1.59. The zero-order chi connectivity index (χ0) is 14.4. The van der Waals surface area contributed by atoms with Crippen molar-refractivity contribution in [2.24, 2.45) is 11.8 Å². The largest absolute Gasteiger partial charge is 0.381 e. The van der Waals surface area contributed by atoms with E-state index in [0.29, 0.717) is 18.4 Å². The lowest BCUT2D eigenvalue weighted by Crippen LogP contribution is -2.70. The second-order valence-electron chi connectivity index (χ2n) is 7.25. The average Bonchev–Trinajstić information content (AvgIpc) is 2.98. The lowest BCUT2D eigenvalue weighted by Gasteiger charge is -2.45. The molecular formula is C16H24N2O3. The molecule has 2 atom stereocenters. The van der Waals surface area contributed by atoms with Crippen LogP contribution < -0.4 is 5.32 Å². The van der Waals surface area contributed by atoms with Crippen LogP contribution in [-0.2, 0) is 14.3 Å². The minimum atomic E-state index is -0.581. The van der Waals surface area contributed by atoms with Crippen molar-refractivity contribution in [1.82, 2.24) is 10.2 Å². The molecule has 21 heavy (non-hydrogen) atoms. The molecule has 0 aromatic rings. The first-order valence-electron chi connectivity index (χ1n) is 8.40. The van der Waals surface area contributed by atoms with E-state index in [4.69, 9.17) is 4.74 Å². The maximum absolute atomic E-state index is 13.1. The quantitative estimate of drug-likeness (QED) is 0.846. The third-order valence-electron chi connectivity index (χ3n) is 5.64. The molecule has 0 bridgehead atoms. The lowest BCUT2D eigenvalue weighted by atomic mass is 9.88. The molecule has 5 heteroatoms. The maximum atomic E-state index is 13.1. The fourth-order valence-corrected chi connectivity index (χ4v) is 4.31. The first kappa shape index (κ1) is 13.6. The first-order chi connectivity index (χ1) is 10.2. The summed E-state index contributed by atoms with van der Waals surface area (Å²) in [5, 5.41) is 3.11. The highest BCUT2D eigenvalue weighted by Crippen LogP contribution is 2.42. The molecule has 1 spiro atoms. The van der Waals surface area contributed by atoms with Gasteiger partial charge in [0.1, 0.15) is 11.6 Å². The lowest BCUT2D eigenvalue weighted by molar-refractivity contribution is -0.156. The van der Waals surface area contributed by atoms with Gasteiger partial charge in [-0.3, -0.25) is 9.59 Å². The maximum Gasteiger partial charge on any atom is 0.249 e. The number of carbonyl (C=O) groups is 2. The van der Waals surface area contributed by atoms with Gasteiger partial charge in [-0.1, -0.05) is 12.8 Å². The van der Waals surface area contributed by atoms with E-state index in [1.807, 2.05) is 4.90 Å². The number of nitrogens with zero attached hydrogens (tertiary/aromatic N) is 1. The van der Waals surface area contributed by atoms with Gasteiger partial charge in [-0.2, -0.15) is 0 Å². The Morgan fingerprint density at radius 3 is 2.57 bits per heavy atom. The highest BCUT2D eigenvalue weighted by molar-refractivity contribution is 6.00. The molecule has 2 amide bonds. The van der Waals surface area contributed by atoms with Crippen LogP contribution in [0.4, 0.5) is 0 Å². The molecule has 2 saturated heterocycles. The number of hydrogen-bond donors (Lipinski definition) is 1. The van der Waals surface area contributed by atoms with Crippen LogP contribution in [0.3, 0.4) is 0 Å².